The normalized spacial score (nSPS) is 13.7. The quantitative estimate of drug-likeness (QED) is 0.461. The second kappa shape index (κ2) is 10.1. The first-order valence-corrected chi connectivity index (χ1v) is 11.7. The number of hydrogen-bond donors (Lipinski definition) is 2. The minimum Gasteiger partial charge on any atom is -0.384 e. The SMILES string of the molecule is CCCc1cc2c(N3CCn4c(nnc4C(F)(F)F)C3)nc(C(=O)NNC(=O)CCOC)nc2s1. The molecule has 3 aromatic rings. The Bertz CT molecular complexity index is 1240. The smallest absolute Gasteiger partial charge is 0.384 e. The molecule has 0 fully saturated rings. The van der Waals surface area contributed by atoms with E-state index in [1.165, 1.54) is 18.4 Å². The molecule has 0 aromatic carbocycles. The first kappa shape index (κ1) is 24.8. The summed E-state index contributed by atoms with van der Waals surface area (Å²) in [5, 5.41) is 7.73. The van der Waals surface area contributed by atoms with Crippen molar-refractivity contribution in [2.24, 2.45) is 0 Å². The van der Waals surface area contributed by atoms with Gasteiger partial charge < -0.3 is 14.2 Å². The zero-order chi connectivity index (χ0) is 25.2. The molecule has 0 saturated heterocycles. The molecule has 3 aromatic heterocycles. The van der Waals surface area contributed by atoms with Gasteiger partial charge in [-0.2, -0.15) is 13.2 Å². The third-order valence-corrected chi connectivity index (χ3v) is 6.37. The van der Waals surface area contributed by atoms with Gasteiger partial charge in [0, 0.05) is 25.1 Å². The molecule has 15 heteroatoms. The lowest BCUT2D eigenvalue weighted by Gasteiger charge is -2.29. The number of aryl methyl sites for hydroxylation is 1. The first-order chi connectivity index (χ1) is 16.7. The number of hydrazine groups is 1. The zero-order valence-corrected chi connectivity index (χ0v) is 19.8. The van der Waals surface area contributed by atoms with Crippen LogP contribution in [0.25, 0.3) is 10.2 Å². The number of thiophene rings is 1. The molecule has 188 valence electrons. The van der Waals surface area contributed by atoms with Gasteiger partial charge in [0.2, 0.25) is 17.6 Å². The second-order valence-electron chi connectivity index (χ2n) is 7.81. The number of nitrogens with one attached hydrogen (secondary N) is 2. The van der Waals surface area contributed by atoms with E-state index in [0.29, 0.717) is 16.0 Å². The van der Waals surface area contributed by atoms with Crippen molar-refractivity contribution in [3.8, 4) is 0 Å². The summed E-state index contributed by atoms with van der Waals surface area (Å²) < 4.78 is 45.5. The molecule has 1 aliphatic heterocycles. The maximum Gasteiger partial charge on any atom is 0.451 e. The number of rotatable bonds is 7. The number of carbonyl (C=O) groups excluding carboxylic acids is 2. The van der Waals surface area contributed by atoms with E-state index < -0.39 is 23.8 Å². The highest BCUT2D eigenvalue weighted by molar-refractivity contribution is 7.18. The average molecular weight is 513 g/mol. The van der Waals surface area contributed by atoms with E-state index >= 15 is 0 Å². The van der Waals surface area contributed by atoms with Crippen LogP contribution in [-0.4, -0.2) is 56.8 Å². The van der Waals surface area contributed by atoms with E-state index in [9.17, 15) is 22.8 Å². The van der Waals surface area contributed by atoms with Crippen LogP contribution in [0, 0.1) is 0 Å². The van der Waals surface area contributed by atoms with Crippen LogP contribution in [-0.2, 0) is 35.2 Å². The van der Waals surface area contributed by atoms with E-state index in [-0.39, 0.29) is 44.3 Å². The number of fused-ring (bicyclic) bond motifs is 2. The van der Waals surface area contributed by atoms with Crippen molar-refractivity contribution in [3.63, 3.8) is 0 Å². The van der Waals surface area contributed by atoms with Crippen LogP contribution in [0.3, 0.4) is 0 Å². The highest BCUT2D eigenvalue weighted by Crippen LogP contribution is 2.34. The van der Waals surface area contributed by atoms with Crippen LogP contribution >= 0.6 is 11.3 Å². The maximum atomic E-state index is 13.2. The van der Waals surface area contributed by atoms with Gasteiger partial charge in [-0.1, -0.05) is 13.3 Å². The monoisotopic (exact) mass is 512 g/mol. The summed E-state index contributed by atoms with van der Waals surface area (Å²) in [7, 11) is 1.46. The number of hydrogen-bond acceptors (Lipinski definition) is 9. The van der Waals surface area contributed by atoms with Crippen molar-refractivity contribution >= 4 is 39.2 Å². The number of carbonyl (C=O) groups is 2. The minimum absolute atomic E-state index is 0.00567. The molecule has 0 spiro atoms. The average Bonchev–Trinajstić information content (AvgIpc) is 3.43. The molecule has 0 unspecified atom stereocenters. The van der Waals surface area contributed by atoms with Gasteiger partial charge in [0.1, 0.15) is 10.6 Å². The van der Waals surface area contributed by atoms with Gasteiger partial charge in [-0.3, -0.25) is 20.4 Å². The number of nitrogens with zero attached hydrogens (tertiary/aromatic N) is 6. The number of amides is 2. The van der Waals surface area contributed by atoms with Gasteiger partial charge in [-0.25, -0.2) is 9.97 Å². The molecule has 2 N–H and O–H groups in total. The fourth-order valence-electron chi connectivity index (χ4n) is 3.66. The van der Waals surface area contributed by atoms with Crippen LogP contribution in [0.4, 0.5) is 19.0 Å². The summed E-state index contributed by atoms with van der Waals surface area (Å²) >= 11 is 1.42. The Morgan fingerprint density at radius 2 is 2.00 bits per heavy atom. The largest absolute Gasteiger partial charge is 0.451 e. The van der Waals surface area contributed by atoms with Crippen molar-refractivity contribution in [2.75, 3.05) is 25.2 Å². The Hall–Kier alpha value is -3.33. The number of alkyl halides is 3. The zero-order valence-electron chi connectivity index (χ0n) is 19.0. The predicted molar refractivity (Wildman–Crippen MR) is 120 cm³/mol. The Morgan fingerprint density at radius 1 is 1.20 bits per heavy atom. The van der Waals surface area contributed by atoms with Crippen LogP contribution in [0.1, 0.15) is 46.9 Å². The van der Waals surface area contributed by atoms with Gasteiger partial charge in [0.05, 0.1) is 25.0 Å². The summed E-state index contributed by atoms with van der Waals surface area (Å²) in [5.41, 5.74) is 4.57. The van der Waals surface area contributed by atoms with Crippen molar-refractivity contribution in [3.05, 3.63) is 28.4 Å². The highest BCUT2D eigenvalue weighted by atomic mass is 32.1. The summed E-state index contributed by atoms with van der Waals surface area (Å²) in [5.74, 6) is -1.82. The van der Waals surface area contributed by atoms with E-state index in [0.717, 1.165) is 22.3 Å². The lowest BCUT2D eigenvalue weighted by molar-refractivity contribution is -0.147. The van der Waals surface area contributed by atoms with Crippen LogP contribution in [0.15, 0.2) is 6.07 Å². The van der Waals surface area contributed by atoms with Crippen molar-refractivity contribution in [1.29, 1.82) is 0 Å². The highest BCUT2D eigenvalue weighted by Gasteiger charge is 2.39. The lowest BCUT2D eigenvalue weighted by atomic mass is 10.2. The lowest BCUT2D eigenvalue weighted by Crippen LogP contribution is -2.43. The minimum atomic E-state index is -4.60. The maximum absolute atomic E-state index is 13.2. The molecule has 2 amide bonds. The third-order valence-electron chi connectivity index (χ3n) is 5.28. The fourth-order valence-corrected chi connectivity index (χ4v) is 4.78. The summed E-state index contributed by atoms with van der Waals surface area (Å²) in [6.45, 7) is 2.47. The van der Waals surface area contributed by atoms with E-state index in [1.807, 2.05) is 13.0 Å². The molecule has 11 nitrogen and oxygen atoms in total. The molecule has 0 atom stereocenters. The first-order valence-electron chi connectivity index (χ1n) is 10.8. The summed E-state index contributed by atoms with van der Waals surface area (Å²) in [6, 6.07) is 1.94. The molecule has 35 heavy (non-hydrogen) atoms. The van der Waals surface area contributed by atoms with Gasteiger partial charge >= 0.3 is 12.1 Å². The van der Waals surface area contributed by atoms with Crippen LogP contribution in [0.2, 0.25) is 0 Å². The second-order valence-corrected chi connectivity index (χ2v) is 8.92. The number of aromatic nitrogens is 5. The van der Waals surface area contributed by atoms with E-state index in [1.54, 1.807) is 4.90 Å². The standard InChI is InChI=1S/C20H23F3N8O3S/c1-3-4-11-9-12-16(30-6-7-31-13(10-30)26-29-19(31)20(21,22)23)24-15(25-18(12)35-11)17(33)28-27-14(32)5-8-34-2/h9H,3-8,10H2,1-2H3,(H,27,32)(H,28,33). The van der Waals surface area contributed by atoms with Gasteiger partial charge in [-0.15, -0.1) is 21.5 Å². The Kier molecular flexibility index (Phi) is 7.16. The third kappa shape index (κ3) is 5.35. The van der Waals surface area contributed by atoms with Crippen molar-refractivity contribution < 1.29 is 27.5 Å². The summed E-state index contributed by atoms with van der Waals surface area (Å²) in [6.07, 6.45) is -2.83. The van der Waals surface area contributed by atoms with Gasteiger partial charge in [-0.05, 0) is 12.5 Å². The fraction of sp³-hybridized carbons (Fsp3) is 0.500. The molecule has 4 rings (SSSR count). The number of methoxy groups -OCH3 is 1. The summed E-state index contributed by atoms with van der Waals surface area (Å²) in [4.78, 5) is 36.6. The Labute approximate surface area is 201 Å². The molecule has 4 heterocycles. The molecule has 0 aliphatic carbocycles. The topological polar surface area (TPSA) is 127 Å². The van der Waals surface area contributed by atoms with Gasteiger partial charge in [0.25, 0.3) is 0 Å². The van der Waals surface area contributed by atoms with E-state index in [4.69, 9.17) is 4.74 Å². The van der Waals surface area contributed by atoms with Crippen molar-refractivity contribution in [2.45, 2.75) is 45.5 Å². The Balaban J connectivity index is 1.64. The number of halogens is 3. The molecular formula is C20H23F3N8O3S. The van der Waals surface area contributed by atoms with Crippen LogP contribution < -0.4 is 15.8 Å². The number of ether oxygens (including phenoxy) is 1. The Morgan fingerprint density at radius 3 is 2.71 bits per heavy atom. The number of anilines is 1. The van der Waals surface area contributed by atoms with Crippen LogP contribution in [0.5, 0.6) is 0 Å². The molecular weight excluding hydrogens is 489 g/mol. The molecule has 0 bridgehead atoms. The molecule has 1 aliphatic rings. The van der Waals surface area contributed by atoms with Gasteiger partial charge in [0.15, 0.2) is 5.82 Å². The predicted octanol–water partition coefficient (Wildman–Crippen LogP) is 2.07. The van der Waals surface area contributed by atoms with Crippen molar-refractivity contribution in [1.82, 2.24) is 35.6 Å². The van der Waals surface area contributed by atoms with E-state index in [2.05, 4.69) is 31.0 Å². The molecule has 0 radical (unpaired) electrons. The molecule has 0 saturated carbocycles.